The van der Waals surface area contributed by atoms with Crippen LogP contribution in [0.1, 0.15) is 24.9 Å². The van der Waals surface area contributed by atoms with E-state index >= 15 is 0 Å². The van der Waals surface area contributed by atoms with Crippen LogP contribution in [0.15, 0.2) is 48.7 Å². The maximum Gasteiger partial charge on any atom is 0.137 e. The summed E-state index contributed by atoms with van der Waals surface area (Å²) >= 11 is 6.37. The normalized spacial score (nSPS) is 12.5. The number of ether oxygens (including phenoxy) is 1. The lowest BCUT2D eigenvalue weighted by Gasteiger charge is -2.08. The van der Waals surface area contributed by atoms with Gasteiger partial charge in [-0.15, -0.1) is 11.6 Å². The first-order valence-corrected chi connectivity index (χ1v) is 7.48. The van der Waals surface area contributed by atoms with Crippen molar-refractivity contribution in [3.05, 3.63) is 54.4 Å². The van der Waals surface area contributed by atoms with Gasteiger partial charge in [0.1, 0.15) is 11.4 Å². The Kier molecular flexibility index (Phi) is 3.84. The third-order valence-corrected chi connectivity index (χ3v) is 3.59. The van der Waals surface area contributed by atoms with Gasteiger partial charge in [0, 0.05) is 11.8 Å². The molecule has 0 aliphatic carbocycles. The standard InChI is InChI=1S/C17H17ClN2O/c1-3-21-14-9-7-13(8-10-14)16-17(12(2)18)20-11-5-4-6-15(20)19-16/h4-12H,3H2,1-2H3. The second-order valence-electron chi connectivity index (χ2n) is 4.85. The molecule has 1 aromatic carbocycles. The van der Waals surface area contributed by atoms with Crippen LogP contribution in [0.5, 0.6) is 5.75 Å². The molecule has 3 rings (SSSR count). The fraction of sp³-hybridized carbons (Fsp3) is 0.235. The third-order valence-electron chi connectivity index (χ3n) is 3.38. The van der Waals surface area contributed by atoms with Gasteiger partial charge in [-0.25, -0.2) is 4.98 Å². The number of hydrogen-bond donors (Lipinski definition) is 0. The van der Waals surface area contributed by atoms with Crippen LogP contribution >= 0.6 is 11.6 Å². The number of pyridine rings is 1. The summed E-state index contributed by atoms with van der Waals surface area (Å²) in [6.07, 6.45) is 1.99. The van der Waals surface area contributed by atoms with Crippen LogP contribution in [0.4, 0.5) is 0 Å². The molecule has 0 aliphatic heterocycles. The zero-order valence-corrected chi connectivity index (χ0v) is 12.8. The minimum Gasteiger partial charge on any atom is -0.494 e. The highest BCUT2D eigenvalue weighted by molar-refractivity contribution is 6.20. The fourth-order valence-corrected chi connectivity index (χ4v) is 2.69. The van der Waals surface area contributed by atoms with Gasteiger partial charge in [0.05, 0.1) is 23.4 Å². The second kappa shape index (κ2) is 5.78. The molecule has 0 fully saturated rings. The highest BCUT2D eigenvalue weighted by atomic mass is 35.5. The van der Waals surface area contributed by atoms with E-state index in [1.54, 1.807) is 0 Å². The quantitative estimate of drug-likeness (QED) is 0.653. The van der Waals surface area contributed by atoms with Crippen molar-refractivity contribution < 1.29 is 4.74 Å². The third kappa shape index (κ3) is 2.61. The Morgan fingerprint density at radius 1 is 1.19 bits per heavy atom. The lowest BCUT2D eigenvalue weighted by atomic mass is 10.1. The molecule has 3 aromatic rings. The highest BCUT2D eigenvalue weighted by Gasteiger charge is 2.17. The van der Waals surface area contributed by atoms with E-state index < -0.39 is 0 Å². The van der Waals surface area contributed by atoms with Gasteiger partial charge >= 0.3 is 0 Å². The first kappa shape index (κ1) is 14.0. The van der Waals surface area contributed by atoms with Gasteiger partial charge in [-0.3, -0.25) is 0 Å². The van der Waals surface area contributed by atoms with E-state index in [2.05, 4.69) is 0 Å². The largest absolute Gasteiger partial charge is 0.494 e. The summed E-state index contributed by atoms with van der Waals surface area (Å²) in [6, 6.07) is 13.9. The molecule has 0 saturated carbocycles. The van der Waals surface area contributed by atoms with Crippen LogP contribution < -0.4 is 4.74 Å². The molecule has 1 atom stereocenters. The van der Waals surface area contributed by atoms with Crippen molar-refractivity contribution in [3.8, 4) is 17.0 Å². The zero-order valence-electron chi connectivity index (χ0n) is 12.1. The minimum atomic E-state index is -0.121. The number of benzene rings is 1. The van der Waals surface area contributed by atoms with Crippen molar-refractivity contribution in [1.29, 1.82) is 0 Å². The molecule has 0 spiro atoms. The average Bonchev–Trinajstić information content (AvgIpc) is 2.88. The van der Waals surface area contributed by atoms with Crippen molar-refractivity contribution in [2.24, 2.45) is 0 Å². The van der Waals surface area contributed by atoms with Gasteiger partial charge < -0.3 is 9.14 Å². The molecule has 2 heterocycles. The van der Waals surface area contributed by atoms with E-state index in [0.29, 0.717) is 6.61 Å². The van der Waals surface area contributed by atoms with Gasteiger partial charge in [0.15, 0.2) is 0 Å². The maximum atomic E-state index is 6.37. The fourth-order valence-electron chi connectivity index (χ4n) is 2.48. The number of imidazole rings is 1. The zero-order chi connectivity index (χ0) is 14.8. The number of halogens is 1. The average molecular weight is 301 g/mol. The SMILES string of the molecule is CCOc1ccc(-c2nc3ccccn3c2C(C)Cl)cc1. The Labute approximate surface area is 129 Å². The van der Waals surface area contributed by atoms with Crippen LogP contribution in [0.25, 0.3) is 16.9 Å². The molecule has 0 saturated heterocycles. The van der Waals surface area contributed by atoms with Crippen molar-refractivity contribution in [3.63, 3.8) is 0 Å². The van der Waals surface area contributed by atoms with E-state index in [1.807, 2.05) is 66.9 Å². The second-order valence-corrected chi connectivity index (χ2v) is 5.50. The number of aromatic nitrogens is 2. The summed E-state index contributed by atoms with van der Waals surface area (Å²) in [7, 11) is 0. The molecule has 4 heteroatoms. The van der Waals surface area contributed by atoms with Crippen molar-refractivity contribution in [1.82, 2.24) is 9.38 Å². The molecule has 108 valence electrons. The van der Waals surface area contributed by atoms with Gasteiger partial charge in [-0.1, -0.05) is 6.07 Å². The monoisotopic (exact) mass is 300 g/mol. The summed E-state index contributed by atoms with van der Waals surface area (Å²) < 4.78 is 7.53. The Morgan fingerprint density at radius 2 is 1.95 bits per heavy atom. The number of fused-ring (bicyclic) bond motifs is 1. The summed E-state index contributed by atoms with van der Waals surface area (Å²) in [5.74, 6) is 0.866. The number of hydrogen-bond acceptors (Lipinski definition) is 2. The lowest BCUT2D eigenvalue weighted by molar-refractivity contribution is 0.340. The van der Waals surface area contributed by atoms with Gasteiger partial charge in [0.2, 0.25) is 0 Å². The molecular formula is C17H17ClN2O. The molecule has 3 nitrogen and oxygen atoms in total. The highest BCUT2D eigenvalue weighted by Crippen LogP contribution is 2.32. The van der Waals surface area contributed by atoms with E-state index in [4.69, 9.17) is 21.3 Å². The van der Waals surface area contributed by atoms with Crippen LogP contribution in [-0.2, 0) is 0 Å². The molecule has 0 amide bonds. The van der Waals surface area contributed by atoms with Crippen molar-refractivity contribution >= 4 is 17.2 Å². The first-order valence-electron chi connectivity index (χ1n) is 7.05. The Hall–Kier alpha value is -2.00. The summed E-state index contributed by atoms with van der Waals surface area (Å²) in [5.41, 5.74) is 3.89. The molecule has 1 unspecified atom stereocenters. The van der Waals surface area contributed by atoms with Crippen LogP contribution in [-0.4, -0.2) is 16.0 Å². The van der Waals surface area contributed by atoms with Crippen molar-refractivity contribution in [2.45, 2.75) is 19.2 Å². The first-order chi connectivity index (χ1) is 10.2. The van der Waals surface area contributed by atoms with Gasteiger partial charge in [-0.2, -0.15) is 0 Å². The van der Waals surface area contributed by atoms with E-state index in [0.717, 1.165) is 28.3 Å². The van der Waals surface area contributed by atoms with Crippen molar-refractivity contribution in [2.75, 3.05) is 6.61 Å². The maximum absolute atomic E-state index is 6.37. The molecular weight excluding hydrogens is 284 g/mol. The van der Waals surface area contributed by atoms with Crippen LogP contribution in [0.2, 0.25) is 0 Å². The molecule has 21 heavy (non-hydrogen) atoms. The summed E-state index contributed by atoms with van der Waals surface area (Å²) in [5, 5.41) is -0.121. The predicted molar refractivity (Wildman–Crippen MR) is 86.1 cm³/mol. The lowest BCUT2D eigenvalue weighted by Crippen LogP contribution is -1.95. The van der Waals surface area contributed by atoms with Gasteiger partial charge in [0.25, 0.3) is 0 Å². The smallest absolute Gasteiger partial charge is 0.137 e. The molecule has 0 radical (unpaired) electrons. The molecule has 0 N–H and O–H groups in total. The van der Waals surface area contributed by atoms with E-state index in [-0.39, 0.29) is 5.38 Å². The molecule has 2 aromatic heterocycles. The topological polar surface area (TPSA) is 26.5 Å². The Morgan fingerprint density at radius 3 is 2.62 bits per heavy atom. The van der Waals surface area contributed by atoms with Crippen LogP contribution in [0, 0.1) is 0 Å². The number of rotatable bonds is 4. The summed E-state index contributed by atoms with van der Waals surface area (Å²) in [6.45, 7) is 4.61. The number of nitrogens with zero attached hydrogens (tertiary/aromatic N) is 2. The Bertz CT molecular complexity index is 747. The van der Waals surface area contributed by atoms with E-state index in [9.17, 15) is 0 Å². The molecule has 0 bridgehead atoms. The Balaban J connectivity index is 2.12. The summed E-state index contributed by atoms with van der Waals surface area (Å²) in [4.78, 5) is 4.72. The van der Waals surface area contributed by atoms with Crippen LogP contribution in [0.3, 0.4) is 0 Å². The molecule has 0 aliphatic rings. The number of alkyl halides is 1. The van der Waals surface area contributed by atoms with Gasteiger partial charge in [-0.05, 0) is 50.2 Å². The predicted octanol–water partition coefficient (Wildman–Crippen LogP) is 4.70. The van der Waals surface area contributed by atoms with E-state index in [1.165, 1.54) is 0 Å². The minimum absolute atomic E-state index is 0.121.